The molecule has 0 saturated heterocycles. The van der Waals surface area contributed by atoms with Gasteiger partial charge in [-0.2, -0.15) is 0 Å². The molecule has 0 bridgehead atoms. The first-order valence-corrected chi connectivity index (χ1v) is 6.00. The van der Waals surface area contributed by atoms with Crippen molar-refractivity contribution in [3.05, 3.63) is 26.6 Å². The summed E-state index contributed by atoms with van der Waals surface area (Å²) >= 11 is 6.49. The molecule has 1 aromatic rings. The van der Waals surface area contributed by atoms with Crippen molar-refractivity contribution in [3.8, 4) is 0 Å². The quantitative estimate of drug-likeness (QED) is 0.816. The van der Waals surface area contributed by atoms with Crippen molar-refractivity contribution in [2.75, 3.05) is 19.5 Å². The maximum absolute atomic E-state index is 11.6. The van der Waals surface area contributed by atoms with Gasteiger partial charge in [0.15, 0.2) is 0 Å². The fourth-order valence-corrected chi connectivity index (χ4v) is 2.45. The molecule has 0 radical (unpaired) electrons. The zero-order valence-electron chi connectivity index (χ0n) is 9.04. The average Bonchev–Trinajstić information content (AvgIpc) is 2.30. The summed E-state index contributed by atoms with van der Waals surface area (Å²) in [5.74, 6) is -0.557. The number of anilines is 1. The van der Waals surface area contributed by atoms with E-state index >= 15 is 0 Å². The Hall–Kier alpha value is -1.08. The summed E-state index contributed by atoms with van der Waals surface area (Å²) in [6.07, 6.45) is -0.668. The molecule has 0 heterocycles. The Morgan fingerprint density at radius 1 is 1.18 bits per heavy atom. The third-order valence-electron chi connectivity index (χ3n) is 1.87. The Balaban J connectivity index is 3.25. The number of benzene rings is 1. The number of esters is 1. The topological polar surface area (TPSA) is 64.6 Å². The lowest BCUT2D eigenvalue weighted by Gasteiger charge is -2.11. The molecule has 17 heavy (non-hydrogen) atoms. The highest BCUT2D eigenvalue weighted by Gasteiger charge is 2.18. The minimum Gasteiger partial charge on any atom is -0.465 e. The van der Waals surface area contributed by atoms with Gasteiger partial charge in [-0.3, -0.25) is 5.32 Å². The Morgan fingerprint density at radius 3 is 2.35 bits per heavy atom. The molecular formula is C10H9Br2NO4. The lowest BCUT2D eigenvalue weighted by Crippen LogP contribution is -2.15. The fourth-order valence-electron chi connectivity index (χ4n) is 1.12. The van der Waals surface area contributed by atoms with Crippen LogP contribution in [0.15, 0.2) is 21.1 Å². The summed E-state index contributed by atoms with van der Waals surface area (Å²) in [6, 6.07) is 3.24. The van der Waals surface area contributed by atoms with E-state index in [1.165, 1.54) is 14.2 Å². The average molecular weight is 367 g/mol. The molecule has 7 heteroatoms. The van der Waals surface area contributed by atoms with Gasteiger partial charge in [0.1, 0.15) is 0 Å². The normalized spacial score (nSPS) is 9.65. The van der Waals surface area contributed by atoms with Crippen LogP contribution in [-0.2, 0) is 9.47 Å². The van der Waals surface area contributed by atoms with Gasteiger partial charge >= 0.3 is 12.1 Å². The van der Waals surface area contributed by atoms with Crippen LogP contribution >= 0.6 is 31.9 Å². The second kappa shape index (κ2) is 6.02. The molecule has 0 aliphatic heterocycles. The van der Waals surface area contributed by atoms with Crippen LogP contribution in [0.2, 0.25) is 0 Å². The van der Waals surface area contributed by atoms with E-state index in [0.717, 1.165) is 0 Å². The van der Waals surface area contributed by atoms with Crippen LogP contribution in [0.1, 0.15) is 10.4 Å². The van der Waals surface area contributed by atoms with Crippen molar-refractivity contribution in [2.45, 2.75) is 0 Å². The Bertz CT molecular complexity index is 462. The summed E-state index contributed by atoms with van der Waals surface area (Å²) in [7, 11) is 2.50. The zero-order valence-corrected chi connectivity index (χ0v) is 12.2. The van der Waals surface area contributed by atoms with Crippen LogP contribution < -0.4 is 5.32 Å². The van der Waals surface area contributed by atoms with Gasteiger partial charge in [0.25, 0.3) is 0 Å². The molecule has 1 aromatic carbocycles. The third-order valence-corrected chi connectivity index (χ3v) is 2.96. The molecular weight excluding hydrogens is 358 g/mol. The van der Waals surface area contributed by atoms with Crippen molar-refractivity contribution in [2.24, 2.45) is 0 Å². The lowest BCUT2D eigenvalue weighted by molar-refractivity contribution is 0.0602. The maximum Gasteiger partial charge on any atom is 0.411 e. The number of carbonyl (C=O) groups excluding carboxylic acids is 2. The number of hydrogen-bond acceptors (Lipinski definition) is 4. The highest BCUT2D eigenvalue weighted by molar-refractivity contribution is 9.11. The lowest BCUT2D eigenvalue weighted by atomic mass is 10.2. The third kappa shape index (κ3) is 3.44. The summed E-state index contributed by atoms with van der Waals surface area (Å²) in [4.78, 5) is 22.7. The highest BCUT2D eigenvalue weighted by atomic mass is 79.9. The summed E-state index contributed by atoms with van der Waals surface area (Å²) in [5.41, 5.74) is 0.519. The second-order valence-electron chi connectivity index (χ2n) is 2.92. The van der Waals surface area contributed by atoms with Gasteiger partial charge in [0.2, 0.25) is 0 Å². The first-order valence-electron chi connectivity index (χ1n) is 4.42. The van der Waals surface area contributed by atoms with E-state index in [0.29, 0.717) is 14.6 Å². The molecule has 0 aliphatic rings. The van der Waals surface area contributed by atoms with Gasteiger partial charge in [-0.15, -0.1) is 0 Å². The van der Waals surface area contributed by atoms with E-state index in [2.05, 4.69) is 46.7 Å². The molecule has 0 fully saturated rings. The van der Waals surface area contributed by atoms with E-state index < -0.39 is 12.1 Å². The van der Waals surface area contributed by atoms with Crippen LogP contribution in [0.5, 0.6) is 0 Å². The van der Waals surface area contributed by atoms with E-state index in [1.54, 1.807) is 12.1 Å². The van der Waals surface area contributed by atoms with Crippen LogP contribution in [0.3, 0.4) is 0 Å². The molecule has 5 nitrogen and oxygen atoms in total. The fraction of sp³-hybridized carbons (Fsp3) is 0.200. The van der Waals surface area contributed by atoms with Gasteiger partial charge in [0.05, 0.1) is 25.5 Å². The van der Waals surface area contributed by atoms with Crippen molar-refractivity contribution in [3.63, 3.8) is 0 Å². The molecule has 1 N–H and O–H groups in total. The summed E-state index contributed by atoms with van der Waals surface area (Å²) < 4.78 is 10.3. The van der Waals surface area contributed by atoms with Crippen molar-refractivity contribution in [1.82, 2.24) is 0 Å². The van der Waals surface area contributed by atoms with E-state index in [4.69, 9.17) is 0 Å². The maximum atomic E-state index is 11.6. The minimum atomic E-state index is -0.668. The number of halogens is 2. The van der Waals surface area contributed by atoms with Crippen molar-refractivity contribution < 1.29 is 19.1 Å². The molecule has 92 valence electrons. The minimum absolute atomic E-state index is 0.221. The molecule has 0 aliphatic carbocycles. The molecule has 0 atom stereocenters. The largest absolute Gasteiger partial charge is 0.465 e. The van der Waals surface area contributed by atoms with E-state index in [9.17, 15) is 9.59 Å². The Labute approximate surface area is 115 Å². The molecule has 1 amide bonds. The molecule has 0 unspecified atom stereocenters. The molecule has 0 spiro atoms. The smallest absolute Gasteiger partial charge is 0.411 e. The van der Waals surface area contributed by atoms with Crippen LogP contribution in [0.25, 0.3) is 0 Å². The Kier molecular flexibility index (Phi) is 4.95. The van der Waals surface area contributed by atoms with Crippen LogP contribution in [0, 0.1) is 0 Å². The summed E-state index contributed by atoms with van der Waals surface area (Å²) in [5, 5.41) is 2.44. The van der Waals surface area contributed by atoms with Crippen molar-refractivity contribution in [1.29, 1.82) is 0 Å². The number of carbonyl (C=O) groups is 2. The number of amides is 1. The van der Waals surface area contributed by atoms with Crippen LogP contribution in [-0.4, -0.2) is 26.3 Å². The van der Waals surface area contributed by atoms with E-state index in [1.807, 2.05) is 0 Å². The van der Waals surface area contributed by atoms with Crippen molar-refractivity contribution >= 4 is 49.6 Å². The van der Waals surface area contributed by atoms with Gasteiger partial charge < -0.3 is 9.47 Å². The number of methoxy groups -OCH3 is 2. The standard InChI is InChI=1S/C10H9Br2NO4/c1-16-9(14)6-3-5(11)4-7(12)8(6)13-10(15)17-2/h3-4H,1-2H3,(H,13,15). The molecule has 1 rings (SSSR count). The first-order chi connectivity index (χ1) is 7.99. The Morgan fingerprint density at radius 2 is 1.82 bits per heavy atom. The van der Waals surface area contributed by atoms with Gasteiger partial charge in [-0.25, -0.2) is 9.59 Å². The van der Waals surface area contributed by atoms with Gasteiger partial charge in [0, 0.05) is 8.95 Å². The number of rotatable bonds is 2. The van der Waals surface area contributed by atoms with Crippen LogP contribution in [0.4, 0.5) is 10.5 Å². The van der Waals surface area contributed by atoms with E-state index in [-0.39, 0.29) is 5.56 Å². The number of hydrogen-bond donors (Lipinski definition) is 1. The number of ether oxygens (including phenoxy) is 2. The summed E-state index contributed by atoms with van der Waals surface area (Å²) in [6.45, 7) is 0. The predicted octanol–water partition coefficient (Wildman–Crippen LogP) is 3.18. The zero-order chi connectivity index (χ0) is 13.0. The van der Waals surface area contributed by atoms with Gasteiger partial charge in [-0.05, 0) is 28.1 Å². The first kappa shape index (κ1) is 14.0. The predicted molar refractivity (Wildman–Crippen MR) is 69.2 cm³/mol. The van der Waals surface area contributed by atoms with Gasteiger partial charge in [-0.1, -0.05) is 15.9 Å². The second-order valence-corrected chi connectivity index (χ2v) is 4.69. The number of nitrogens with one attached hydrogen (secondary N) is 1. The highest BCUT2D eigenvalue weighted by Crippen LogP contribution is 2.31. The monoisotopic (exact) mass is 365 g/mol. The molecule has 0 saturated carbocycles. The molecule has 0 aromatic heterocycles. The SMILES string of the molecule is COC(=O)Nc1c(Br)cc(Br)cc1C(=O)OC.